The monoisotopic (exact) mass is 337 g/mol. The van der Waals surface area contributed by atoms with E-state index in [9.17, 15) is 4.79 Å². The summed E-state index contributed by atoms with van der Waals surface area (Å²) < 4.78 is 5.72. The van der Waals surface area contributed by atoms with Crippen molar-refractivity contribution in [2.24, 2.45) is 0 Å². The van der Waals surface area contributed by atoms with Gasteiger partial charge in [0.05, 0.1) is 23.3 Å². The van der Waals surface area contributed by atoms with Gasteiger partial charge in [-0.2, -0.15) is 0 Å². The van der Waals surface area contributed by atoms with Crippen LogP contribution in [0.3, 0.4) is 0 Å². The molecule has 2 aromatic rings. The Bertz CT molecular complexity index is 682. The second kappa shape index (κ2) is 6.50. The Morgan fingerprint density at radius 3 is 2.91 bits per heavy atom. The minimum Gasteiger partial charge on any atom is -0.471 e. The van der Waals surface area contributed by atoms with Crippen molar-refractivity contribution in [3.63, 3.8) is 0 Å². The molecule has 0 bridgehead atoms. The Labute approximate surface area is 137 Å². The highest BCUT2D eigenvalue weighted by Gasteiger charge is 2.29. The second-order valence-electron chi connectivity index (χ2n) is 4.95. The molecule has 5 nitrogen and oxygen atoms in total. The lowest BCUT2D eigenvalue weighted by Crippen LogP contribution is -2.31. The van der Waals surface area contributed by atoms with E-state index < -0.39 is 0 Å². The van der Waals surface area contributed by atoms with Crippen LogP contribution in [0.15, 0.2) is 36.8 Å². The Kier molecular flexibility index (Phi) is 4.45. The van der Waals surface area contributed by atoms with Crippen LogP contribution in [0.5, 0.6) is 5.88 Å². The van der Waals surface area contributed by atoms with E-state index in [0.717, 1.165) is 6.42 Å². The lowest BCUT2D eigenvalue weighted by atomic mass is 10.2. The average Bonchev–Trinajstić information content (AvgIpc) is 2.96. The molecule has 1 unspecified atom stereocenters. The van der Waals surface area contributed by atoms with Crippen molar-refractivity contribution in [3.8, 4) is 5.88 Å². The number of amides is 1. The van der Waals surface area contributed by atoms with E-state index in [1.807, 2.05) is 0 Å². The minimum atomic E-state index is -0.119. The molecular weight excluding hydrogens is 325 g/mol. The Balaban J connectivity index is 1.66. The highest BCUT2D eigenvalue weighted by molar-refractivity contribution is 6.36. The van der Waals surface area contributed by atoms with Crippen molar-refractivity contribution < 1.29 is 9.53 Å². The quantitative estimate of drug-likeness (QED) is 0.863. The molecule has 1 atom stereocenters. The molecule has 1 amide bonds. The molecule has 1 saturated heterocycles. The number of aromatic nitrogens is 2. The maximum Gasteiger partial charge on any atom is 0.255 e. The SMILES string of the molecule is O=C(c1ccc(Cl)cc1Cl)N1CCC(Oc2cnccn2)C1. The lowest BCUT2D eigenvalue weighted by Gasteiger charge is -2.17. The van der Waals surface area contributed by atoms with E-state index >= 15 is 0 Å². The van der Waals surface area contributed by atoms with Crippen LogP contribution in [-0.2, 0) is 0 Å². The van der Waals surface area contributed by atoms with Crippen LogP contribution in [0.1, 0.15) is 16.8 Å². The fourth-order valence-electron chi connectivity index (χ4n) is 2.36. The van der Waals surface area contributed by atoms with Crippen LogP contribution in [0.25, 0.3) is 0 Å². The number of rotatable bonds is 3. The highest BCUT2D eigenvalue weighted by atomic mass is 35.5. The molecule has 22 heavy (non-hydrogen) atoms. The van der Waals surface area contributed by atoms with Gasteiger partial charge in [0, 0.05) is 30.4 Å². The molecule has 3 rings (SSSR count). The number of hydrogen-bond donors (Lipinski definition) is 0. The first-order chi connectivity index (χ1) is 10.6. The molecule has 0 radical (unpaired) electrons. The molecule has 1 fully saturated rings. The third-order valence-corrected chi connectivity index (χ3v) is 3.97. The standard InChI is InChI=1S/C15H13Cl2N3O2/c16-10-1-2-12(13(17)7-10)15(21)20-6-3-11(9-20)22-14-8-18-4-5-19-14/h1-2,4-5,7-8,11H,3,6,9H2. The predicted octanol–water partition coefficient (Wildman–Crippen LogP) is 3.08. The Morgan fingerprint density at radius 2 is 2.18 bits per heavy atom. The number of nitrogens with zero attached hydrogens (tertiary/aromatic N) is 3. The van der Waals surface area contributed by atoms with Crippen LogP contribution in [0.2, 0.25) is 10.0 Å². The topological polar surface area (TPSA) is 55.3 Å². The molecule has 0 N–H and O–H groups in total. The van der Waals surface area contributed by atoms with Gasteiger partial charge < -0.3 is 9.64 Å². The first-order valence-corrected chi connectivity index (χ1v) is 7.56. The van der Waals surface area contributed by atoms with Crippen molar-refractivity contribution in [1.29, 1.82) is 0 Å². The number of likely N-dealkylation sites (tertiary alicyclic amines) is 1. The maximum atomic E-state index is 12.5. The maximum absolute atomic E-state index is 12.5. The van der Waals surface area contributed by atoms with Crippen LogP contribution >= 0.6 is 23.2 Å². The van der Waals surface area contributed by atoms with Gasteiger partial charge in [0.25, 0.3) is 5.91 Å². The molecule has 0 aliphatic carbocycles. The van der Waals surface area contributed by atoms with E-state index in [2.05, 4.69) is 9.97 Å². The van der Waals surface area contributed by atoms with Gasteiger partial charge in [0.15, 0.2) is 0 Å². The van der Waals surface area contributed by atoms with Gasteiger partial charge in [-0.15, -0.1) is 0 Å². The highest BCUT2D eigenvalue weighted by Crippen LogP contribution is 2.24. The number of halogens is 2. The zero-order chi connectivity index (χ0) is 15.5. The van der Waals surface area contributed by atoms with E-state index in [1.54, 1.807) is 41.7 Å². The minimum absolute atomic E-state index is 0.0910. The zero-order valence-corrected chi connectivity index (χ0v) is 13.1. The van der Waals surface area contributed by atoms with Gasteiger partial charge in [0.1, 0.15) is 6.10 Å². The van der Waals surface area contributed by atoms with Crippen LogP contribution < -0.4 is 4.74 Å². The van der Waals surface area contributed by atoms with Gasteiger partial charge in [-0.25, -0.2) is 4.98 Å². The largest absolute Gasteiger partial charge is 0.471 e. The third-order valence-electron chi connectivity index (χ3n) is 3.42. The Hall–Kier alpha value is -1.85. The smallest absolute Gasteiger partial charge is 0.255 e. The number of benzene rings is 1. The Morgan fingerprint density at radius 1 is 1.32 bits per heavy atom. The number of ether oxygens (including phenoxy) is 1. The van der Waals surface area contributed by atoms with Gasteiger partial charge >= 0.3 is 0 Å². The van der Waals surface area contributed by atoms with Gasteiger partial charge in [-0.3, -0.25) is 9.78 Å². The fraction of sp³-hybridized carbons (Fsp3) is 0.267. The van der Waals surface area contributed by atoms with E-state index in [4.69, 9.17) is 27.9 Å². The van der Waals surface area contributed by atoms with Crippen molar-refractivity contribution >= 4 is 29.1 Å². The summed E-state index contributed by atoms with van der Waals surface area (Å²) in [7, 11) is 0. The van der Waals surface area contributed by atoms with E-state index in [0.29, 0.717) is 34.6 Å². The summed E-state index contributed by atoms with van der Waals surface area (Å²) in [6.45, 7) is 1.11. The summed E-state index contributed by atoms with van der Waals surface area (Å²) in [6.07, 6.45) is 5.36. The zero-order valence-electron chi connectivity index (χ0n) is 11.6. The van der Waals surface area contributed by atoms with Gasteiger partial charge in [0.2, 0.25) is 5.88 Å². The number of carbonyl (C=O) groups excluding carboxylic acids is 1. The fourth-order valence-corrected chi connectivity index (χ4v) is 2.85. The first kappa shape index (κ1) is 15.1. The van der Waals surface area contributed by atoms with Gasteiger partial charge in [-0.05, 0) is 18.2 Å². The average molecular weight is 338 g/mol. The molecule has 1 aromatic heterocycles. The second-order valence-corrected chi connectivity index (χ2v) is 5.79. The van der Waals surface area contributed by atoms with E-state index in [-0.39, 0.29) is 12.0 Å². The molecule has 1 aliphatic rings. The summed E-state index contributed by atoms with van der Waals surface area (Å²) in [5.41, 5.74) is 0.450. The van der Waals surface area contributed by atoms with E-state index in [1.165, 1.54) is 0 Å². The molecule has 1 aliphatic heterocycles. The summed E-state index contributed by atoms with van der Waals surface area (Å²) in [5.74, 6) is 0.346. The summed E-state index contributed by atoms with van der Waals surface area (Å²) in [4.78, 5) is 22.2. The summed E-state index contributed by atoms with van der Waals surface area (Å²) >= 11 is 11.9. The predicted molar refractivity (Wildman–Crippen MR) is 83.4 cm³/mol. The molecule has 1 aromatic carbocycles. The van der Waals surface area contributed by atoms with Crippen molar-refractivity contribution in [2.75, 3.05) is 13.1 Å². The molecule has 114 valence electrons. The van der Waals surface area contributed by atoms with Crippen LogP contribution in [0, 0.1) is 0 Å². The van der Waals surface area contributed by atoms with Crippen LogP contribution in [-0.4, -0.2) is 40.0 Å². The summed E-state index contributed by atoms with van der Waals surface area (Å²) in [5, 5.41) is 0.864. The molecular formula is C15H13Cl2N3O2. The molecule has 0 spiro atoms. The van der Waals surface area contributed by atoms with Crippen molar-refractivity contribution in [2.45, 2.75) is 12.5 Å². The molecule has 2 heterocycles. The summed E-state index contributed by atoms with van der Waals surface area (Å²) in [6, 6.07) is 4.87. The van der Waals surface area contributed by atoms with Crippen LogP contribution in [0.4, 0.5) is 0 Å². The third kappa shape index (κ3) is 3.31. The number of carbonyl (C=O) groups is 1. The normalized spacial score (nSPS) is 17.5. The van der Waals surface area contributed by atoms with Crippen molar-refractivity contribution in [1.82, 2.24) is 14.9 Å². The molecule has 7 heteroatoms. The first-order valence-electron chi connectivity index (χ1n) is 6.80. The number of hydrogen-bond acceptors (Lipinski definition) is 4. The van der Waals surface area contributed by atoms with Crippen molar-refractivity contribution in [3.05, 3.63) is 52.4 Å². The molecule has 0 saturated carbocycles. The lowest BCUT2D eigenvalue weighted by molar-refractivity contribution is 0.0771. The van der Waals surface area contributed by atoms with Gasteiger partial charge in [-0.1, -0.05) is 23.2 Å².